The standard InChI is InChI=1S/C7H8N6O/c1-3-4(8)11-6(12-7(3)14)5-9-2-10-13-5/h2H,1H3,(H,9,10,13)(H3,8,11,12,14). The molecule has 0 radical (unpaired) electrons. The van der Waals surface area contributed by atoms with E-state index in [1.165, 1.54) is 6.33 Å². The van der Waals surface area contributed by atoms with Crippen molar-refractivity contribution < 1.29 is 0 Å². The van der Waals surface area contributed by atoms with Gasteiger partial charge in [-0.15, -0.1) is 0 Å². The second-order valence-electron chi connectivity index (χ2n) is 2.76. The molecule has 0 saturated carbocycles. The first-order valence-corrected chi connectivity index (χ1v) is 3.90. The summed E-state index contributed by atoms with van der Waals surface area (Å²) in [6.07, 6.45) is 1.32. The molecule has 0 saturated heterocycles. The summed E-state index contributed by atoms with van der Waals surface area (Å²) < 4.78 is 0. The minimum absolute atomic E-state index is 0.195. The van der Waals surface area contributed by atoms with E-state index in [2.05, 4.69) is 25.1 Å². The van der Waals surface area contributed by atoms with E-state index in [1.807, 2.05) is 0 Å². The smallest absolute Gasteiger partial charge is 0.256 e. The average Bonchev–Trinajstić information content (AvgIpc) is 2.66. The van der Waals surface area contributed by atoms with Gasteiger partial charge in [-0.1, -0.05) is 0 Å². The largest absolute Gasteiger partial charge is 0.383 e. The Morgan fingerprint density at radius 3 is 2.79 bits per heavy atom. The highest BCUT2D eigenvalue weighted by Gasteiger charge is 2.07. The van der Waals surface area contributed by atoms with Crippen LogP contribution in [0.25, 0.3) is 11.6 Å². The molecule has 0 bridgehead atoms. The molecule has 7 heteroatoms. The van der Waals surface area contributed by atoms with Crippen molar-refractivity contribution in [3.8, 4) is 11.6 Å². The van der Waals surface area contributed by atoms with E-state index in [0.29, 0.717) is 11.4 Å². The van der Waals surface area contributed by atoms with Gasteiger partial charge in [0, 0.05) is 0 Å². The van der Waals surface area contributed by atoms with Crippen molar-refractivity contribution in [3.63, 3.8) is 0 Å². The molecule has 0 atom stereocenters. The predicted octanol–water partition coefficient (Wildman–Crippen LogP) is -0.554. The highest BCUT2D eigenvalue weighted by Crippen LogP contribution is 2.08. The third-order valence-electron chi connectivity index (χ3n) is 1.83. The molecule has 0 aliphatic heterocycles. The lowest BCUT2D eigenvalue weighted by atomic mass is 10.3. The molecule has 0 unspecified atom stereocenters. The van der Waals surface area contributed by atoms with Crippen molar-refractivity contribution in [2.45, 2.75) is 6.92 Å². The summed E-state index contributed by atoms with van der Waals surface area (Å²) in [5.74, 6) is 0.865. The van der Waals surface area contributed by atoms with Gasteiger partial charge in [-0.3, -0.25) is 9.89 Å². The maximum Gasteiger partial charge on any atom is 0.256 e. The molecule has 2 heterocycles. The lowest BCUT2D eigenvalue weighted by molar-refractivity contribution is 1.04. The summed E-state index contributed by atoms with van der Waals surface area (Å²) in [4.78, 5) is 21.7. The van der Waals surface area contributed by atoms with Crippen LogP contribution in [0.2, 0.25) is 0 Å². The van der Waals surface area contributed by atoms with E-state index >= 15 is 0 Å². The normalized spacial score (nSPS) is 10.4. The Balaban J connectivity index is 2.63. The number of anilines is 1. The summed E-state index contributed by atoms with van der Waals surface area (Å²) in [6, 6.07) is 0. The van der Waals surface area contributed by atoms with Crippen LogP contribution in [0.15, 0.2) is 11.1 Å². The van der Waals surface area contributed by atoms with Gasteiger partial charge < -0.3 is 10.7 Å². The van der Waals surface area contributed by atoms with Crippen LogP contribution >= 0.6 is 0 Å². The van der Waals surface area contributed by atoms with Crippen LogP contribution in [-0.4, -0.2) is 25.1 Å². The number of hydrogen-bond donors (Lipinski definition) is 3. The van der Waals surface area contributed by atoms with Crippen LogP contribution in [0.4, 0.5) is 5.82 Å². The van der Waals surface area contributed by atoms with Gasteiger partial charge in [0.25, 0.3) is 5.56 Å². The van der Waals surface area contributed by atoms with E-state index in [9.17, 15) is 4.79 Å². The fourth-order valence-electron chi connectivity index (χ4n) is 0.982. The topological polar surface area (TPSA) is 113 Å². The van der Waals surface area contributed by atoms with E-state index in [0.717, 1.165) is 0 Å². The number of aromatic amines is 2. The zero-order valence-electron chi connectivity index (χ0n) is 7.40. The van der Waals surface area contributed by atoms with Crippen molar-refractivity contribution in [1.82, 2.24) is 25.1 Å². The molecular formula is C7H8N6O. The first-order chi connectivity index (χ1) is 6.68. The summed E-state index contributed by atoms with van der Waals surface area (Å²) in [6.45, 7) is 1.60. The Bertz CT molecular complexity index is 499. The van der Waals surface area contributed by atoms with Crippen LogP contribution in [0.5, 0.6) is 0 Å². The SMILES string of the molecule is Cc1c(N)nc(-c2ncn[nH]2)[nH]c1=O. The average molecular weight is 192 g/mol. The minimum Gasteiger partial charge on any atom is -0.383 e. The molecule has 72 valence electrons. The van der Waals surface area contributed by atoms with Crippen molar-refractivity contribution in [3.05, 3.63) is 22.2 Å². The molecule has 0 spiro atoms. The third kappa shape index (κ3) is 1.24. The van der Waals surface area contributed by atoms with Gasteiger partial charge in [-0.25, -0.2) is 9.97 Å². The molecule has 0 aliphatic rings. The zero-order chi connectivity index (χ0) is 10.1. The fourth-order valence-corrected chi connectivity index (χ4v) is 0.982. The first-order valence-electron chi connectivity index (χ1n) is 3.90. The van der Waals surface area contributed by atoms with Gasteiger partial charge in [0.05, 0.1) is 5.56 Å². The molecule has 0 fully saturated rings. The maximum absolute atomic E-state index is 11.3. The van der Waals surface area contributed by atoms with E-state index in [-0.39, 0.29) is 17.2 Å². The van der Waals surface area contributed by atoms with Crippen LogP contribution < -0.4 is 11.3 Å². The number of nitrogens with zero attached hydrogens (tertiary/aromatic N) is 3. The van der Waals surface area contributed by atoms with Gasteiger partial charge in [-0.05, 0) is 6.92 Å². The molecule has 2 aromatic heterocycles. The number of nitrogens with two attached hydrogens (primary N) is 1. The highest BCUT2D eigenvalue weighted by atomic mass is 16.1. The third-order valence-corrected chi connectivity index (χ3v) is 1.83. The van der Waals surface area contributed by atoms with Gasteiger partial charge in [-0.2, -0.15) is 5.10 Å². The molecule has 0 aliphatic carbocycles. The highest BCUT2D eigenvalue weighted by molar-refractivity contribution is 5.48. The lowest BCUT2D eigenvalue weighted by Gasteiger charge is -1.99. The summed E-state index contributed by atoms with van der Waals surface area (Å²) in [7, 11) is 0. The van der Waals surface area contributed by atoms with E-state index < -0.39 is 0 Å². The number of rotatable bonds is 1. The number of aromatic nitrogens is 5. The second kappa shape index (κ2) is 2.95. The first kappa shape index (κ1) is 8.42. The monoisotopic (exact) mass is 192 g/mol. The second-order valence-corrected chi connectivity index (χ2v) is 2.76. The number of H-pyrrole nitrogens is 2. The minimum atomic E-state index is -0.274. The van der Waals surface area contributed by atoms with Crippen LogP contribution in [0.1, 0.15) is 5.56 Å². The summed E-state index contributed by atoms with van der Waals surface area (Å²) in [5.41, 5.74) is 5.66. The number of nitrogen functional groups attached to an aromatic ring is 1. The van der Waals surface area contributed by atoms with Crippen molar-refractivity contribution in [2.24, 2.45) is 0 Å². The Kier molecular flexibility index (Phi) is 1.77. The number of hydrogen-bond acceptors (Lipinski definition) is 5. The van der Waals surface area contributed by atoms with Crippen LogP contribution in [-0.2, 0) is 0 Å². The molecular weight excluding hydrogens is 184 g/mol. The van der Waals surface area contributed by atoms with Crippen molar-refractivity contribution in [2.75, 3.05) is 5.73 Å². The molecule has 2 aromatic rings. The van der Waals surface area contributed by atoms with Crippen LogP contribution in [0.3, 0.4) is 0 Å². The number of nitrogens with one attached hydrogen (secondary N) is 2. The molecule has 14 heavy (non-hydrogen) atoms. The zero-order valence-corrected chi connectivity index (χ0v) is 7.40. The lowest BCUT2D eigenvalue weighted by Crippen LogP contribution is -2.15. The quantitative estimate of drug-likeness (QED) is 0.560. The van der Waals surface area contributed by atoms with E-state index in [4.69, 9.17) is 5.73 Å². The Morgan fingerprint density at radius 1 is 1.43 bits per heavy atom. The molecule has 2 rings (SSSR count). The van der Waals surface area contributed by atoms with Gasteiger partial charge in [0.2, 0.25) is 0 Å². The maximum atomic E-state index is 11.3. The summed E-state index contributed by atoms with van der Waals surface area (Å²) >= 11 is 0. The predicted molar refractivity (Wildman–Crippen MR) is 49.4 cm³/mol. The molecule has 0 amide bonds. The Labute approximate surface area is 78.4 Å². The molecule has 7 nitrogen and oxygen atoms in total. The fraction of sp³-hybridized carbons (Fsp3) is 0.143. The Hall–Kier alpha value is -2.18. The Morgan fingerprint density at radius 2 is 2.21 bits per heavy atom. The van der Waals surface area contributed by atoms with Gasteiger partial charge >= 0.3 is 0 Å². The van der Waals surface area contributed by atoms with Gasteiger partial charge in [0.15, 0.2) is 11.6 Å². The summed E-state index contributed by atoms with van der Waals surface area (Å²) in [5, 5.41) is 6.22. The van der Waals surface area contributed by atoms with Crippen molar-refractivity contribution >= 4 is 5.82 Å². The van der Waals surface area contributed by atoms with Gasteiger partial charge in [0.1, 0.15) is 12.1 Å². The van der Waals surface area contributed by atoms with Crippen molar-refractivity contribution in [1.29, 1.82) is 0 Å². The molecule has 0 aromatic carbocycles. The van der Waals surface area contributed by atoms with E-state index in [1.54, 1.807) is 6.92 Å². The van der Waals surface area contributed by atoms with Crippen LogP contribution in [0, 0.1) is 6.92 Å². The molecule has 4 N–H and O–H groups in total.